The summed E-state index contributed by atoms with van der Waals surface area (Å²) >= 11 is 5.81. The molecule has 1 aromatic carbocycles. The van der Waals surface area contributed by atoms with Crippen LogP contribution in [0.1, 0.15) is 21.6 Å². The van der Waals surface area contributed by atoms with Gasteiger partial charge in [0.05, 0.1) is 11.6 Å². The molecule has 0 atom stereocenters. The van der Waals surface area contributed by atoms with E-state index in [0.29, 0.717) is 22.5 Å². The molecule has 4 nitrogen and oxygen atoms in total. The fraction of sp³-hybridized carbons (Fsp3) is 0.0714. The molecule has 2 aromatic rings. The first-order chi connectivity index (χ1) is 9.08. The summed E-state index contributed by atoms with van der Waals surface area (Å²) in [6.45, 7) is 1.77. The van der Waals surface area contributed by atoms with E-state index in [1.54, 1.807) is 37.3 Å². The van der Waals surface area contributed by atoms with Gasteiger partial charge in [-0.1, -0.05) is 11.6 Å². The molecule has 1 N–H and O–H groups in total. The van der Waals surface area contributed by atoms with Crippen molar-refractivity contribution in [2.45, 2.75) is 6.92 Å². The fourth-order valence-electron chi connectivity index (χ4n) is 1.59. The Morgan fingerprint density at radius 3 is 2.58 bits per heavy atom. The van der Waals surface area contributed by atoms with Gasteiger partial charge in [-0.2, -0.15) is 5.26 Å². The van der Waals surface area contributed by atoms with Crippen molar-refractivity contribution in [3.05, 3.63) is 58.4 Å². The highest BCUT2D eigenvalue weighted by molar-refractivity contribution is 6.29. The number of aryl methyl sites for hydroxylation is 1. The third-order valence-electron chi connectivity index (χ3n) is 2.46. The third kappa shape index (κ3) is 3.30. The molecule has 0 unspecified atom stereocenters. The van der Waals surface area contributed by atoms with Crippen LogP contribution >= 0.6 is 11.6 Å². The minimum atomic E-state index is -0.267. The largest absolute Gasteiger partial charge is 0.322 e. The molecule has 94 valence electrons. The van der Waals surface area contributed by atoms with Crippen molar-refractivity contribution in [1.82, 2.24) is 4.98 Å². The van der Waals surface area contributed by atoms with E-state index < -0.39 is 0 Å². The summed E-state index contributed by atoms with van der Waals surface area (Å²) in [6.07, 6.45) is 0. The Hall–Kier alpha value is -2.38. The molecule has 0 aliphatic carbocycles. The van der Waals surface area contributed by atoms with Crippen molar-refractivity contribution in [2.75, 3.05) is 5.32 Å². The Bertz CT molecular complexity index is 639. The van der Waals surface area contributed by atoms with Crippen LogP contribution in [-0.2, 0) is 0 Å². The van der Waals surface area contributed by atoms with E-state index in [2.05, 4.69) is 10.3 Å². The van der Waals surface area contributed by atoms with Gasteiger partial charge in [-0.05, 0) is 43.3 Å². The number of carbonyl (C=O) groups is 1. The molecule has 0 bridgehead atoms. The average molecular weight is 272 g/mol. The number of halogens is 1. The van der Waals surface area contributed by atoms with Crippen LogP contribution in [0.15, 0.2) is 36.4 Å². The third-order valence-corrected chi connectivity index (χ3v) is 2.65. The first-order valence-electron chi connectivity index (χ1n) is 5.54. The van der Waals surface area contributed by atoms with E-state index in [-0.39, 0.29) is 11.1 Å². The van der Waals surface area contributed by atoms with Gasteiger partial charge in [-0.15, -0.1) is 0 Å². The van der Waals surface area contributed by atoms with E-state index in [1.807, 2.05) is 6.07 Å². The second-order valence-corrected chi connectivity index (χ2v) is 4.35. The number of nitrogens with zero attached hydrogens (tertiary/aromatic N) is 2. The topological polar surface area (TPSA) is 65.8 Å². The van der Waals surface area contributed by atoms with Gasteiger partial charge in [0.1, 0.15) is 5.15 Å². The normalized spacial score (nSPS) is 9.74. The summed E-state index contributed by atoms with van der Waals surface area (Å²) in [5.74, 6) is -0.267. The molecule has 19 heavy (non-hydrogen) atoms. The number of anilines is 1. The molecule has 0 saturated carbocycles. The first kappa shape index (κ1) is 13.1. The van der Waals surface area contributed by atoms with Gasteiger partial charge in [0.2, 0.25) is 0 Å². The van der Waals surface area contributed by atoms with Crippen molar-refractivity contribution in [1.29, 1.82) is 5.26 Å². The zero-order valence-electron chi connectivity index (χ0n) is 10.1. The van der Waals surface area contributed by atoms with E-state index in [1.165, 1.54) is 6.07 Å². The van der Waals surface area contributed by atoms with Crippen LogP contribution in [0.2, 0.25) is 5.15 Å². The number of hydrogen-bond acceptors (Lipinski definition) is 3. The molecule has 1 aromatic heterocycles. The molecule has 1 amide bonds. The summed E-state index contributed by atoms with van der Waals surface area (Å²) in [7, 11) is 0. The molecule has 0 aliphatic rings. The van der Waals surface area contributed by atoms with Crippen LogP contribution in [0.4, 0.5) is 5.69 Å². The van der Waals surface area contributed by atoms with Crippen LogP contribution in [0.25, 0.3) is 0 Å². The Labute approximate surface area is 115 Å². The smallest absolute Gasteiger partial charge is 0.255 e. The Kier molecular flexibility index (Phi) is 3.79. The zero-order chi connectivity index (χ0) is 13.8. The second kappa shape index (κ2) is 5.51. The highest BCUT2D eigenvalue weighted by Crippen LogP contribution is 2.14. The number of carbonyl (C=O) groups excluding carboxylic acids is 1. The minimum absolute atomic E-state index is 0.267. The van der Waals surface area contributed by atoms with E-state index >= 15 is 0 Å². The van der Waals surface area contributed by atoms with Crippen molar-refractivity contribution >= 4 is 23.2 Å². The van der Waals surface area contributed by atoms with E-state index in [0.717, 1.165) is 0 Å². The van der Waals surface area contributed by atoms with Crippen LogP contribution < -0.4 is 5.32 Å². The van der Waals surface area contributed by atoms with Crippen LogP contribution in [-0.4, -0.2) is 10.9 Å². The fourth-order valence-corrected chi connectivity index (χ4v) is 1.84. The highest BCUT2D eigenvalue weighted by Gasteiger charge is 2.08. The molecule has 0 saturated heterocycles. The van der Waals surface area contributed by atoms with Crippen LogP contribution in [0, 0.1) is 18.3 Å². The molecule has 0 aliphatic heterocycles. The van der Waals surface area contributed by atoms with Crippen LogP contribution in [0.5, 0.6) is 0 Å². The summed E-state index contributed by atoms with van der Waals surface area (Å²) in [5.41, 5.74) is 2.29. The lowest BCUT2D eigenvalue weighted by atomic mass is 10.2. The molecule has 5 heteroatoms. The van der Waals surface area contributed by atoms with E-state index in [9.17, 15) is 4.79 Å². The SMILES string of the molecule is Cc1cc(C(=O)Nc2ccc(C#N)cc2)cc(Cl)n1. The maximum atomic E-state index is 12.0. The summed E-state index contributed by atoms with van der Waals surface area (Å²) < 4.78 is 0. The lowest BCUT2D eigenvalue weighted by Crippen LogP contribution is -2.12. The lowest BCUT2D eigenvalue weighted by Gasteiger charge is -2.06. The number of benzene rings is 1. The summed E-state index contributed by atoms with van der Waals surface area (Å²) in [5, 5.41) is 11.7. The van der Waals surface area contributed by atoms with Gasteiger partial charge in [-0.3, -0.25) is 4.79 Å². The first-order valence-corrected chi connectivity index (χ1v) is 5.92. The quantitative estimate of drug-likeness (QED) is 0.853. The average Bonchev–Trinajstić information content (AvgIpc) is 2.38. The second-order valence-electron chi connectivity index (χ2n) is 3.96. The van der Waals surface area contributed by atoms with Gasteiger partial charge in [-0.25, -0.2) is 4.98 Å². The number of amides is 1. The maximum absolute atomic E-state index is 12.0. The van der Waals surface area contributed by atoms with Crippen molar-refractivity contribution in [2.24, 2.45) is 0 Å². The maximum Gasteiger partial charge on any atom is 0.255 e. The summed E-state index contributed by atoms with van der Waals surface area (Å²) in [6, 6.07) is 11.8. The highest BCUT2D eigenvalue weighted by atomic mass is 35.5. The Morgan fingerprint density at radius 2 is 2.00 bits per heavy atom. The van der Waals surface area contributed by atoms with Gasteiger partial charge in [0.25, 0.3) is 5.91 Å². The van der Waals surface area contributed by atoms with Crippen LogP contribution in [0.3, 0.4) is 0 Å². The monoisotopic (exact) mass is 271 g/mol. The van der Waals surface area contributed by atoms with E-state index in [4.69, 9.17) is 16.9 Å². The molecule has 0 radical (unpaired) electrons. The molecule has 2 rings (SSSR count). The number of hydrogen-bond donors (Lipinski definition) is 1. The van der Waals surface area contributed by atoms with Gasteiger partial charge < -0.3 is 5.32 Å². The Balaban J connectivity index is 2.18. The molecular weight excluding hydrogens is 262 g/mol. The number of aromatic nitrogens is 1. The van der Waals surface area contributed by atoms with Gasteiger partial charge >= 0.3 is 0 Å². The number of rotatable bonds is 2. The van der Waals surface area contributed by atoms with Crippen molar-refractivity contribution in [3.63, 3.8) is 0 Å². The minimum Gasteiger partial charge on any atom is -0.322 e. The Morgan fingerprint density at radius 1 is 1.32 bits per heavy atom. The predicted molar refractivity (Wildman–Crippen MR) is 73.1 cm³/mol. The lowest BCUT2D eigenvalue weighted by molar-refractivity contribution is 0.102. The molecule has 1 heterocycles. The molecule has 0 fully saturated rings. The summed E-state index contributed by atoms with van der Waals surface area (Å²) in [4.78, 5) is 16.0. The van der Waals surface area contributed by atoms with Gasteiger partial charge in [0.15, 0.2) is 0 Å². The number of nitriles is 1. The van der Waals surface area contributed by atoms with Gasteiger partial charge in [0, 0.05) is 16.9 Å². The number of pyridine rings is 1. The van der Waals surface area contributed by atoms with Crippen molar-refractivity contribution < 1.29 is 4.79 Å². The standard InChI is InChI=1S/C14H10ClN3O/c1-9-6-11(7-13(15)17-9)14(19)18-12-4-2-10(8-16)3-5-12/h2-7H,1H3,(H,18,19). The predicted octanol–water partition coefficient (Wildman–Crippen LogP) is 3.17. The van der Waals surface area contributed by atoms with Crippen molar-refractivity contribution in [3.8, 4) is 6.07 Å². The molecular formula is C14H10ClN3O. The molecule has 0 spiro atoms. The zero-order valence-corrected chi connectivity index (χ0v) is 10.9. The number of nitrogens with one attached hydrogen (secondary N) is 1.